The molecule has 1 aliphatic heterocycles. The highest BCUT2D eigenvalue weighted by Crippen LogP contribution is 2.27. The number of tetrazole rings is 1. The minimum absolute atomic E-state index is 0.0865. The van der Waals surface area contributed by atoms with Crippen LogP contribution < -0.4 is 5.32 Å². The highest BCUT2D eigenvalue weighted by Gasteiger charge is 2.25. The third kappa shape index (κ3) is 4.44. The molecule has 1 saturated carbocycles. The second-order valence-corrected chi connectivity index (χ2v) is 7.66. The first kappa shape index (κ1) is 16.7. The number of hydrogen-bond acceptors (Lipinski definition) is 6. The number of aromatic nitrogens is 4. The summed E-state index contributed by atoms with van der Waals surface area (Å²) in [4.78, 5) is 12.4. The largest absolute Gasteiger partial charge is 0.381 e. The number of amides is 1. The lowest BCUT2D eigenvalue weighted by Crippen LogP contribution is -2.40. The van der Waals surface area contributed by atoms with Crippen LogP contribution in [0.4, 0.5) is 0 Å². The molecule has 23 heavy (non-hydrogen) atoms. The van der Waals surface area contributed by atoms with Crippen molar-refractivity contribution < 1.29 is 9.53 Å². The van der Waals surface area contributed by atoms with Gasteiger partial charge in [0.25, 0.3) is 0 Å². The molecule has 2 fully saturated rings. The van der Waals surface area contributed by atoms with Crippen LogP contribution in [-0.2, 0) is 9.53 Å². The number of hydrogen-bond donors (Lipinski definition) is 1. The molecule has 1 atom stereocenters. The molecule has 8 heteroatoms. The highest BCUT2D eigenvalue weighted by molar-refractivity contribution is 8.00. The minimum Gasteiger partial charge on any atom is -0.381 e. The van der Waals surface area contributed by atoms with Gasteiger partial charge in [0.2, 0.25) is 11.1 Å². The monoisotopic (exact) mass is 339 g/mol. The van der Waals surface area contributed by atoms with Crippen molar-refractivity contribution in [3.05, 3.63) is 0 Å². The Morgan fingerprint density at radius 3 is 2.74 bits per heavy atom. The van der Waals surface area contributed by atoms with E-state index in [2.05, 4.69) is 20.8 Å². The van der Waals surface area contributed by atoms with Gasteiger partial charge in [-0.05, 0) is 43.0 Å². The number of nitrogens with zero attached hydrogens (tertiary/aromatic N) is 4. The molecule has 1 amide bonds. The number of carbonyl (C=O) groups excluding carboxylic acids is 1. The molecule has 0 unspecified atom stereocenters. The van der Waals surface area contributed by atoms with E-state index in [1.54, 1.807) is 0 Å². The lowest BCUT2D eigenvalue weighted by Gasteiger charge is -2.25. The van der Waals surface area contributed by atoms with Crippen molar-refractivity contribution in [2.45, 2.75) is 74.4 Å². The number of nitrogens with one attached hydrogen (secondary N) is 1. The standard InChI is InChI=1S/C15H25N5O2S/c1-11(14(21)16-12-5-3-2-4-6-12)23-15-17-18-19-20(15)13-7-9-22-10-8-13/h11-13H,2-10H2,1H3,(H,16,21)/t11-/m0/s1. The average molecular weight is 339 g/mol. The van der Waals surface area contributed by atoms with Gasteiger partial charge in [0.05, 0.1) is 11.3 Å². The summed E-state index contributed by atoms with van der Waals surface area (Å²) >= 11 is 1.44. The Bertz CT molecular complexity index is 512. The Morgan fingerprint density at radius 1 is 1.26 bits per heavy atom. The summed E-state index contributed by atoms with van der Waals surface area (Å²) in [5, 5.41) is 15.7. The lowest BCUT2D eigenvalue weighted by atomic mass is 9.95. The summed E-state index contributed by atoms with van der Waals surface area (Å²) in [6.45, 7) is 3.41. The summed E-state index contributed by atoms with van der Waals surface area (Å²) in [6.07, 6.45) is 7.76. The molecule has 0 spiro atoms. The van der Waals surface area contributed by atoms with Crippen molar-refractivity contribution in [2.75, 3.05) is 13.2 Å². The quantitative estimate of drug-likeness (QED) is 0.826. The van der Waals surface area contributed by atoms with E-state index in [4.69, 9.17) is 4.74 Å². The van der Waals surface area contributed by atoms with Crippen LogP contribution in [0.1, 0.15) is 57.9 Å². The molecule has 1 aromatic rings. The van der Waals surface area contributed by atoms with Gasteiger partial charge < -0.3 is 10.1 Å². The molecule has 2 aliphatic rings. The van der Waals surface area contributed by atoms with E-state index in [0.29, 0.717) is 6.04 Å². The van der Waals surface area contributed by atoms with Crippen LogP contribution in [0.2, 0.25) is 0 Å². The molecule has 7 nitrogen and oxygen atoms in total. The topological polar surface area (TPSA) is 81.9 Å². The lowest BCUT2D eigenvalue weighted by molar-refractivity contribution is -0.121. The molecule has 1 aromatic heterocycles. The van der Waals surface area contributed by atoms with Crippen molar-refractivity contribution in [3.63, 3.8) is 0 Å². The van der Waals surface area contributed by atoms with E-state index in [0.717, 1.165) is 44.1 Å². The molecule has 128 valence electrons. The maximum atomic E-state index is 12.4. The van der Waals surface area contributed by atoms with E-state index < -0.39 is 0 Å². The predicted octanol–water partition coefficient (Wildman–Crippen LogP) is 1.95. The van der Waals surface area contributed by atoms with Crippen LogP contribution in [0, 0.1) is 0 Å². The number of ether oxygens (including phenoxy) is 1. The fourth-order valence-electron chi connectivity index (χ4n) is 3.20. The Hall–Kier alpha value is -1.15. The van der Waals surface area contributed by atoms with Gasteiger partial charge in [0.15, 0.2) is 0 Å². The van der Waals surface area contributed by atoms with Crippen LogP contribution >= 0.6 is 11.8 Å². The maximum Gasteiger partial charge on any atom is 0.233 e. The molecular weight excluding hydrogens is 314 g/mol. The van der Waals surface area contributed by atoms with Crippen molar-refractivity contribution in [3.8, 4) is 0 Å². The third-order valence-electron chi connectivity index (χ3n) is 4.60. The molecule has 0 bridgehead atoms. The van der Waals surface area contributed by atoms with Crippen LogP contribution in [-0.4, -0.2) is 50.6 Å². The normalized spacial score (nSPS) is 22.0. The summed E-state index contributed by atoms with van der Waals surface area (Å²) in [7, 11) is 0. The molecular formula is C15H25N5O2S. The molecule has 0 aromatic carbocycles. The Morgan fingerprint density at radius 2 is 2.00 bits per heavy atom. The van der Waals surface area contributed by atoms with E-state index >= 15 is 0 Å². The Balaban J connectivity index is 1.55. The minimum atomic E-state index is -0.193. The molecule has 2 heterocycles. The molecule has 1 N–H and O–H groups in total. The second-order valence-electron chi connectivity index (χ2n) is 6.35. The van der Waals surface area contributed by atoms with Gasteiger partial charge >= 0.3 is 0 Å². The number of carbonyl (C=O) groups is 1. The average Bonchev–Trinajstić information content (AvgIpc) is 3.04. The smallest absolute Gasteiger partial charge is 0.233 e. The zero-order chi connectivity index (χ0) is 16.1. The number of rotatable bonds is 5. The second kappa shape index (κ2) is 8.10. The Kier molecular flexibility index (Phi) is 5.88. The van der Waals surface area contributed by atoms with Crippen LogP contribution in [0.25, 0.3) is 0 Å². The van der Waals surface area contributed by atoms with Crippen molar-refractivity contribution in [1.29, 1.82) is 0 Å². The van der Waals surface area contributed by atoms with E-state index in [1.165, 1.54) is 31.0 Å². The van der Waals surface area contributed by atoms with Gasteiger partial charge in [-0.25, -0.2) is 4.68 Å². The zero-order valence-electron chi connectivity index (χ0n) is 13.6. The summed E-state index contributed by atoms with van der Waals surface area (Å²) in [5.41, 5.74) is 0. The van der Waals surface area contributed by atoms with Gasteiger partial charge in [-0.2, -0.15) is 0 Å². The first-order chi connectivity index (χ1) is 11.2. The predicted molar refractivity (Wildman–Crippen MR) is 87.2 cm³/mol. The molecule has 0 radical (unpaired) electrons. The molecule has 1 aliphatic carbocycles. The summed E-state index contributed by atoms with van der Waals surface area (Å²) < 4.78 is 7.25. The SMILES string of the molecule is C[C@H](Sc1nnnn1C1CCOCC1)C(=O)NC1CCCCC1. The van der Waals surface area contributed by atoms with Gasteiger partial charge in [-0.1, -0.05) is 31.0 Å². The summed E-state index contributed by atoms with van der Waals surface area (Å²) in [6, 6.07) is 0.612. The maximum absolute atomic E-state index is 12.4. The van der Waals surface area contributed by atoms with Crippen LogP contribution in [0.15, 0.2) is 5.16 Å². The summed E-state index contributed by atoms with van der Waals surface area (Å²) in [5.74, 6) is 0.0865. The fourth-order valence-corrected chi connectivity index (χ4v) is 4.07. The van der Waals surface area contributed by atoms with Crippen molar-refractivity contribution in [2.24, 2.45) is 0 Å². The van der Waals surface area contributed by atoms with Crippen LogP contribution in [0.5, 0.6) is 0 Å². The zero-order valence-corrected chi connectivity index (χ0v) is 14.4. The fraction of sp³-hybridized carbons (Fsp3) is 0.867. The first-order valence-corrected chi connectivity index (χ1v) is 9.44. The van der Waals surface area contributed by atoms with Crippen molar-refractivity contribution >= 4 is 17.7 Å². The van der Waals surface area contributed by atoms with Crippen molar-refractivity contribution in [1.82, 2.24) is 25.5 Å². The van der Waals surface area contributed by atoms with E-state index in [1.807, 2.05) is 11.6 Å². The van der Waals surface area contributed by atoms with Gasteiger partial charge in [-0.3, -0.25) is 4.79 Å². The highest BCUT2D eigenvalue weighted by atomic mass is 32.2. The van der Waals surface area contributed by atoms with E-state index in [9.17, 15) is 4.79 Å². The van der Waals surface area contributed by atoms with Gasteiger partial charge in [0.1, 0.15) is 0 Å². The molecule has 3 rings (SSSR count). The first-order valence-electron chi connectivity index (χ1n) is 8.56. The third-order valence-corrected chi connectivity index (χ3v) is 5.65. The number of thioether (sulfide) groups is 1. The Labute approximate surface area is 140 Å². The van der Waals surface area contributed by atoms with Gasteiger partial charge in [0, 0.05) is 19.3 Å². The van der Waals surface area contributed by atoms with E-state index in [-0.39, 0.29) is 17.2 Å². The van der Waals surface area contributed by atoms with Crippen LogP contribution in [0.3, 0.4) is 0 Å². The molecule has 1 saturated heterocycles. The van der Waals surface area contributed by atoms with Gasteiger partial charge in [-0.15, -0.1) is 5.10 Å².